The molecular formula is C20H23N3O4S3. The lowest BCUT2D eigenvalue weighted by molar-refractivity contribution is -0.121. The Balaban J connectivity index is 1.77. The van der Waals surface area contributed by atoms with Crippen molar-refractivity contribution in [3.8, 4) is 5.75 Å². The molecule has 3 heterocycles. The molecule has 1 fully saturated rings. The molecule has 2 aromatic heterocycles. The second kappa shape index (κ2) is 8.26. The summed E-state index contributed by atoms with van der Waals surface area (Å²) in [4.78, 5) is 18.1. The Labute approximate surface area is 183 Å². The number of sulfonamides is 1. The van der Waals surface area contributed by atoms with Crippen LogP contribution in [0, 0.1) is 6.92 Å². The smallest absolute Gasteiger partial charge is 0.266 e. The summed E-state index contributed by atoms with van der Waals surface area (Å²) in [6.07, 6.45) is 1.12. The topological polar surface area (TPSA) is 81.0 Å². The molecule has 1 saturated heterocycles. The Kier molecular flexibility index (Phi) is 5.84. The summed E-state index contributed by atoms with van der Waals surface area (Å²) < 4.78 is 36.0. The van der Waals surface area contributed by atoms with Gasteiger partial charge in [-0.3, -0.25) is 4.79 Å². The number of amides is 1. The fourth-order valence-electron chi connectivity index (χ4n) is 3.79. The highest BCUT2D eigenvalue weighted by atomic mass is 32.2. The van der Waals surface area contributed by atoms with Crippen LogP contribution in [0.4, 0.5) is 0 Å². The predicted molar refractivity (Wildman–Crippen MR) is 119 cm³/mol. The van der Waals surface area contributed by atoms with Gasteiger partial charge in [0.15, 0.2) is 4.80 Å². The fourth-order valence-corrected chi connectivity index (χ4v) is 7.75. The maximum atomic E-state index is 13.1. The number of ether oxygens (including phenoxy) is 1. The lowest BCUT2D eigenvalue weighted by atomic mass is 10.2. The highest BCUT2D eigenvalue weighted by Crippen LogP contribution is 2.31. The first-order chi connectivity index (χ1) is 14.4. The summed E-state index contributed by atoms with van der Waals surface area (Å²) in [6, 6.07) is 6.40. The Hall–Kier alpha value is -2.01. The highest BCUT2D eigenvalue weighted by Gasteiger charge is 2.40. The molecule has 4 rings (SSSR count). The molecule has 1 aliphatic rings. The second-order valence-electron chi connectivity index (χ2n) is 7.05. The van der Waals surface area contributed by atoms with Gasteiger partial charge < -0.3 is 9.30 Å². The van der Waals surface area contributed by atoms with Gasteiger partial charge in [0, 0.05) is 13.1 Å². The molecule has 1 unspecified atom stereocenters. The zero-order chi connectivity index (χ0) is 21.5. The maximum absolute atomic E-state index is 13.1. The van der Waals surface area contributed by atoms with Crippen LogP contribution in [0.5, 0.6) is 5.75 Å². The number of carbonyl (C=O) groups is 1. The van der Waals surface area contributed by atoms with Crippen LogP contribution in [-0.4, -0.2) is 42.9 Å². The van der Waals surface area contributed by atoms with Crippen LogP contribution >= 0.6 is 22.7 Å². The Morgan fingerprint density at radius 1 is 1.33 bits per heavy atom. The van der Waals surface area contributed by atoms with Crippen molar-refractivity contribution >= 4 is 48.8 Å². The van der Waals surface area contributed by atoms with Crippen molar-refractivity contribution in [3.05, 3.63) is 40.0 Å². The SMILES string of the molecule is CCn1c(=NC(=O)C2CCCN2S(=O)(=O)c2cccs2)sc2c(C)ccc(OC)c21. The minimum atomic E-state index is -3.69. The summed E-state index contributed by atoms with van der Waals surface area (Å²) in [5.41, 5.74) is 1.99. The van der Waals surface area contributed by atoms with E-state index in [1.807, 2.05) is 30.5 Å². The van der Waals surface area contributed by atoms with Gasteiger partial charge in [0.05, 0.1) is 11.8 Å². The van der Waals surface area contributed by atoms with Crippen molar-refractivity contribution in [2.24, 2.45) is 4.99 Å². The Morgan fingerprint density at radius 3 is 2.80 bits per heavy atom. The average Bonchev–Trinajstić information content (AvgIpc) is 3.47. The van der Waals surface area contributed by atoms with E-state index in [1.165, 1.54) is 15.6 Å². The number of fused-ring (bicyclic) bond motifs is 1. The second-order valence-corrected chi connectivity index (χ2v) is 11.1. The average molecular weight is 466 g/mol. The molecule has 1 aliphatic heterocycles. The summed E-state index contributed by atoms with van der Waals surface area (Å²) in [6.45, 7) is 4.95. The molecule has 0 radical (unpaired) electrons. The number of thiazole rings is 1. The van der Waals surface area contributed by atoms with E-state index in [4.69, 9.17) is 4.74 Å². The van der Waals surface area contributed by atoms with Crippen LogP contribution < -0.4 is 9.54 Å². The molecule has 0 aliphatic carbocycles. The van der Waals surface area contributed by atoms with Crippen LogP contribution in [0.25, 0.3) is 10.2 Å². The third-order valence-corrected chi connectivity index (χ3v) is 9.77. The molecule has 0 spiro atoms. The summed E-state index contributed by atoms with van der Waals surface area (Å²) in [5.74, 6) is 0.309. The van der Waals surface area contributed by atoms with Crippen LogP contribution in [0.3, 0.4) is 0 Å². The van der Waals surface area contributed by atoms with Gasteiger partial charge in [-0.25, -0.2) is 8.42 Å². The number of aryl methyl sites for hydroxylation is 2. The van der Waals surface area contributed by atoms with Gasteiger partial charge >= 0.3 is 0 Å². The van der Waals surface area contributed by atoms with E-state index in [0.29, 0.717) is 30.7 Å². The van der Waals surface area contributed by atoms with E-state index >= 15 is 0 Å². The van der Waals surface area contributed by atoms with Crippen LogP contribution in [0.1, 0.15) is 25.3 Å². The van der Waals surface area contributed by atoms with Crippen molar-refractivity contribution in [2.75, 3.05) is 13.7 Å². The lowest BCUT2D eigenvalue weighted by Crippen LogP contribution is -2.40. The highest BCUT2D eigenvalue weighted by molar-refractivity contribution is 7.91. The van der Waals surface area contributed by atoms with Crippen LogP contribution in [0.2, 0.25) is 0 Å². The van der Waals surface area contributed by atoms with E-state index in [-0.39, 0.29) is 4.21 Å². The molecule has 0 saturated carbocycles. The van der Waals surface area contributed by atoms with Gasteiger partial charge in [0.2, 0.25) is 0 Å². The molecule has 0 bridgehead atoms. The third-order valence-electron chi connectivity index (χ3n) is 5.27. The van der Waals surface area contributed by atoms with E-state index in [0.717, 1.165) is 32.9 Å². The van der Waals surface area contributed by atoms with E-state index < -0.39 is 22.0 Å². The third kappa shape index (κ3) is 3.51. The standard InChI is InChI=1S/C20H23N3O4S3/c1-4-22-17-15(27-3)10-9-13(2)18(17)29-20(22)21-19(24)14-7-5-11-23(14)30(25,26)16-8-6-12-28-16/h6,8-10,12,14H,4-5,7,11H2,1-3H3. The molecular weight excluding hydrogens is 442 g/mol. The number of thiophene rings is 1. The van der Waals surface area contributed by atoms with Crippen molar-refractivity contribution < 1.29 is 17.9 Å². The number of hydrogen-bond acceptors (Lipinski definition) is 6. The van der Waals surface area contributed by atoms with Crippen molar-refractivity contribution in [1.29, 1.82) is 0 Å². The molecule has 1 atom stereocenters. The number of rotatable bonds is 5. The monoisotopic (exact) mass is 465 g/mol. The first kappa shape index (κ1) is 21.2. The number of methoxy groups -OCH3 is 1. The van der Waals surface area contributed by atoms with Gasteiger partial charge in [0.25, 0.3) is 15.9 Å². The molecule has 160 valence electrons. The molecule has 7 nitrogen and oxygen atoms in total. The molecule has 3 aromatic rings. The summed E-state index contributed by atoms with van der Waals surface area (Å²) in [5, 5.41) is 1.72. The Morgan fingerprint density at radius 2 is 2.13 bits per heavy atom. The van der Waals surface area contributed by atoms with E-state index in [1.54, 1.807) is 24.6 Å². The first-order valence-corrected chi connectivity index (χ1v) is 12.8. The zero-order valence-corrected chi connectivity index (χ0v) is 19.4. The number of benzene rings is 1. The maximum Gasteiger partial charge on any atom is 0.266 e. The molecule has 1 aromatic carbocycles. The zero-order valence-electron chi connectivity index (χ0n) is 17.0. The van der Waals surface area contributed by atoms with Crippen molar-refractivity contribution in [2.45, 2.75) is 43.5 Å². The minimum Gasteiger partial charge on any atom is -0.495 e. The lowest BCUT2D eigenvalue weighted by Gasteiger charge is -2.20. The van der Waals surface area contributed by atoms with Gasteiger partial charge in [0.1, 0.15) is 21.5 Å². The number of aromatic nitrogens is 1. The molecule has 1 amide bonds. The summed E-state index contributed by atoms with van der Waals surface area (Å²) >= 11 is 2.59. The number of carbonyl (C=O) groups excluding carboxylic acids is 1. The molecule has 10 heteroatoms. The quantitative estimate of drug-likeness (QED) is 0.579. The van der Waals surface area contributed by atoms with Crippen molar-refractivity contribution in [1.82, 2.24) is 8.87 Å². The Bertz CT molecular complexity index is 1260. The largest absolute Gasteiger partial charge is 0.495 e. The predicted octanol–water partition coefficient (Wildman–Crippen LogP) is 3.38. The van der Waals surface area contributed by atoms with Crippen LogP contribution in [-0.2, 0) is 21.4 Å². The van der Waals surface area contributed by atoms with E-state index in [2.05, 4.69) is 4.99 Å². The number of hydrogen-bond donors (Lipinski definition) is 0. The normalized spacial score (nSPS) is 18.4. The minimum absolute atomic E-state index is 0.257. The molecule has 0 N–H and O–H groups in total. The molecule has 30 heavy (non-hydrogen) atoms. The van der Waals surface area contributed by atoms with Gasteiger partial charge in [-0.15, -0.1) is 11.3 Å². The van der Waals surface area contributed by atoms with E-state index in [9.17, 15) is 13.2 Å². The van der Waals surface area contributed by atoms with Gasteiger partial charge in [-0.2, -0.15) is 9.30 Å². The summed E-state index contributed by atoms with van der Waals surface area (Å²) in [7, 11) is -2.07. The fraction of sp³-hybridized carbons (Fsp3) is 0.400. The van der Waals surface area contributed by atoms with Gasteiger partial charge in [-0.05, 0) is 49.8 Å². The first-order valence-electron chi connectivity index (χ1n) is 9.69. The number of nitrogens with zero attached hydrogens (tertiary/aromatic N) is 3. The van der Waals surface area contributed by atoms with Crippen LogP contribution in [0.15, 0.2) is 38.8 Å². The van der Waals surface area contributed by atoms with Crippen molar-refractivity contribution in [3.63, 3.8) is 0 Å². The van der Waals surface area contributed by atoms with Gasteiger partial charge in [-0.1, -0.05) is 23.5 Å².